The standard InChI is InChI=1S/C22H28N2O2.ClH/c1-4-23(5-2)15-16-26-22(3)19-13-9-10-14-20(19)24(21(22)25)17-18-11-7-6-8-12-18;/h6-14H,4-5,15-17H2,1-3H3;1H. The highest BCUT2D eigenvalue weighted by atomic mass is 35.5. The van der Waals surface area contributed by atoms with Crippen molar-refractivity contribution < 1.29 is 26.8 Å². The molecule has 4 nitrogen and oxygen atoms in total. The number of amides is 1. The third kappa shape index (κ3) is 4.34. The Labute approximate surface area is 168 Å². The number of rotatable bonds is 8. The summed E-state index contributed by atoms with van der Waals surface area (Å²) >= 11 is 0. The molecule has 0 aromatic heterocycles. The highest BCUT2D eigenvalue weighted by molar-refractivity contribution is 6.06. The van der Waals surface area contributed by atoms with E-state index < -0.39 is 5.60 Å². The molecule has 0 fully saturated rings. The first-order valence-corrected chi connectivity index (χ1v) is 9.53. The summed E-state index contributed by atoms with van der Waals surface area (Å²) in [5.41, 5.74) is 2.14. The molecule has 5 heteroatoms. The number of nitrogens with zero attached hydrogens (tertiary/aromatic N) is 1. The summed E-state index contributed by atoms with van der Waals surface area (Å²) in [7, 11) is 0. The third-order valence-electron chi connectivity index (χ3n) is 5.39. The highest BCUT2D eigenvalue weighted by Crippen LogP contribution is 2.43. The van der Waals surface area contributed by atoms with Gasteiger partial charge in [-0.05, 0) is 32.4 Å². The van der Waals surface area contributed by atoms with E-state index in [4.69, 9.17) is 4.74 Å². The van der Waals surface area contributed by atoms with E-state index in [2.05, 4.69) is 26.0 Å². The minimum atomic E-state index is -0.905. The van der Waals surface area contributed by atoms with Gasteiger partial charge in [-0.25, -0.2) is 0 Å². The molecular formula is C22H29ClN2O2. The predicted octanol–water partition coefficient (Wildman–Crippen LogP) is -0.606. The summed E-state index contributed by atoms with van der Waals surface area (Å²) in [6.45, 7) is 10.5. The van der Waals surface area contributed by atoms with Gasteiger partial charge < -0.3 is 26.9 Å². The van der Waals surface area contributed by atoms with Gasteiger partial charge in [0.1, 0.15) is 6.54 Å². The van der Waals surface area contributed by atoms with Crippen molar-refractivity contribution in [3.05, 3.63) is 65.7 Å². The van der Waals surface area contributed by atoms with Crippen molar-refractivity contribution in [2.75, 3.05) is 31.1 Å². The van der Waals surface area contributed by atoms with Crippen LogP contribution in [0.25, 0.3) is 0 Å². The molecule has 1 unspecified atom stereocenters. The SMILES string of the molecule is CC[NH+](CC)CCOC1(C)C(=O)N(Cc2ccccc2)c2ccccc21.[Cl-]. The van der Waals surface area contributed by atoms with E-state index >= 15 is 0 Å². The summed E-state index contributed by atoms with van der Waals surface area (Å²) in [6, 6.07) is 18.1. The van der Waals surface area contributed by atoms with Gasteiger partial charge >= 0.3 is 0 Å². The molecule has 1 heterocycles. The van der Waals surface area contributed by atoms with Crippen LogP contribution in [-0.2, 0) is 21.7 Å². The zero-order chi connectivity index (χ0) is 18.6. The molecule has 1 atom stereocenters. The Bertz CT molecular complexity index is 749. The number of hydrogen-bond donors (Lipinski definition) is 1. The summed E-state index contributed by atoms with van der Waals surface area (Å²) < 4.78 is 6.22. The largest absolute Gasteiger partial charge is 1.00 e. The van der Waals surface area contributed by atoms with E-state index in [1.54, 1.807) is 0 Å². The van der Waals surface area contributed by atoms with Crippen LogP contribution in [0.4, 0.5) is 5.69 Å². The second-order valence-corrected chi connectivity index (χ2v) is 6.98. The minimum Gasteiger partial charge on any atom is -1.00 e. The molecule has 146 valence electrons. The van der Waals surface area contributed by atoms with Crippen LogP contribution in [0.1, 0.15) is 31.9 Å². The number of ether oxygens (including phenoxy) is 1. The first-order valence-electron chi connectivity index (χ1n) is 9.53. The third-order valence-corrected chi connectivity index (χ3v) is 5.39. The fourth-order valence-electron chi connectivity index (χ4n) is 3.66. The Kier molecular flexibility index (Phi) is 7.42. The zero-order valence-electron chi connectivity index (χ0n) is 16.4. The molecule has 0 bridgehead atoms. The van der Waals surface area contributed by atoms with Crippen LogP contribution in [-0.4, -0.2) is 32.1 Å². The number of para-hydroxylation sites is 1. The van der Waals surface area contributed by atoms with Crippen molar-refractivity contribution in [1.29, 1.82) is 0 Å². The lowest BCUT2D eigenvalue weighted by molar-refractivity contribution is -0.897. The number of anilines is 1. The number of nitrogens with one attached hydrogen (secondary N) is 1. The fourth-order valence-corrected chi connectivity index (χ4v) is 3.66. The van der Waals surface area contributed by atoms with Crippen LogP contribution in [0.3, 0.4) is 0 Å². The molecule has 1 aliphatic heterocycles. The predicted molar refractivity (Wildman–Crippen MR) is 104 cm³/mol. The summed E-state index contributed by atoms with van der Waals surface area (Å²) in [5.74, 6) is 0.0251. The monoisotopic (exact) mass is 388 g/mol. The van der Waals surface area contributed by atoms with Crippen LogP contribution in [0.15, 0.2) is 54.6 Å². The Morgan fingerprint density at radius 1 is 1.00 bits per heavy atom. The van der Waals surface area contributed by atoms with Gasteiger partial charge in [0, 0.05) is 5.56 Å². The number of quaternary nitrogens is 1. The van der Waals surface area contributed by atoms with Crippen LogP contribution in [0.5, 0.6) is 0 Å². The molecule has 1 N–H and O–H groups in total. The first-order chi connectivity index (χ1) is 12.6. The van der Waals surface area contributed by atoms with Crippen molar-refractivity contribution in [2.24, 2.45) is 0 Å². The van der Waals surface area contributed by atoms with Gasteiger partial charge in [-0.1, -0.05) is 48.5 Å². The Morgan fingerprint density at radius 2 is 1.63 bits per heavy atom. The van der Waals surface area contributed by atoms with Crippen molar-refractivity contribution in [3.8, 4) is 0 Å². The smallest absolute Gasteiger partial charge is 0.263 e. The second-order valence-electron chi connectivity index (χ2n) is 6.98. The van der Waals surface area contributed by atoms with E-state index in [1.807, 2.05) is 54.3 Å². The number of carbonyl (C=O) groups is 1. The molecule has 0 spiro atoms. The molecule has 2 aromatic carbocycles. The molecule has 0 radical (unpaired) electrons. The molecule has 0 saturated heterocycles. The summed E-state index contributed by atoms with van der Waals surface area (Å²) in [4.78, 5) is 16.6. The maximum Gasteiger partial charge on any atom is 0.263 e. The first kappa shape index (κ1) is 21.4. The van der Waals surface area contributed by atoms with Gasteiger partial charge in [0.25, 0.3) is 5.91 Å². The number of halogens is 1. The minimum absolute atomic E-state index is 0. The number of carbonyl (C=O) groups excluding carboxylic acids is 1. The molecule has 2 aromatic rings. The van der Waals surface area contributed by atoms with Crippen LogP contribution in [0, 0.1) is 0 Å². The lowest BCUT2D eigenvalue weighted by Gasteiger charge is -2.26. The van der Waals surface area contributed by atoms with Gasteiger partial charge in [0.05, 0.1) is 31.9 Å². The van der Waals surface area contributed by atoms with E-state index in [0.29, 0.717) is 13.2 Å². The van der Waals surface area contributed by atoms with Gasteiger partial charge in [0.2, 0.25) is 0 Å². The van der Waals surface area contributed by atoms with E-state index in [-0.39, 0.29) is 18.3 Å². The van der Waals surface area contributed by atoms with E-state index in [9.17, 15) is 4.79 Å². The second kappa shape index (κ2) is 9.36. The average Bonchev–Trinajstić information content (AvgIpc) is 2.89. The normalized spacial score (nSPS) is 18.5. The number of benzene rings is 2. The number of hydrogen-bond acceptors (Lipinski definition) is 2. The Morgan fingerprint density at radius 3 is 2.30 bits per heavy atom. The van der Waals surface area contributed by atoms with E-state index in [1.165, 1.54) is 4.90 Å². The maximum atomic E-state index is 13.3. The van der Waals surface area contributed by atoms with Gasteiger partial charge in [-0.3, -0.25) is 4.79 Å². The van der Waals surface area contributed by atoms with Gasteiger partial charge in [-0.15, -0.1) is 0 Å². The summed E-state index contributed by atoms with van der Waals surface area (Å²) in [5, 5.41) is 0. The highest BCUT2D eigenvalue weighted by Gasteiger charge is 2.48. The average molecular weight is 389 g/mol. The lowest BCUT2D eigenvalue weighted by atomic mass is 9.97. The van der Waals surface area contributed by atoms with Crippen LogP contribution in [0.2, 0.25) is 0 Å². The maximum absolute atomic E-state index is 13.3. The molecule has 1 aliphatic rings. The molecule has 3 rings (SSSR count). The van der Waals surface area contributed by atoms with Crippen LogP contribution >= 0.6 is 0 Å². The molecule has 0 saturated carbocycles. The fraction of sp³-hybridized carbons (Fsp3) is 0.409. The quantitative estimate of drug-likeness (QED) is 0.655. The molecule has 27 heavy (non-hydrogen) atoms. The van der Waals surface area contributed by atoms with Crippen molar-refractivity contribution >= 4 is 11.6 Å². The van der Waals surface area contributed by atoms with Gasteiger partial charge in [-0.2, -0.15) is 0 Å². The molecule has 1 amide bonds. The lowest BCUT2D eigenvalue weighted by Crippen LogP contribution is -3.11. The number of likely N-dealkylation sites (N-methyl/N-ethyl adjacent to an activating group) is 1. The molecule has 0 aliphatic carbocycles. The van der Waals surface area contributed by atoms with E-state index in [0.717, 1.165) is 36.4 Å². The van der Waals surface area contributed by atoms with Crippen molar-refractivity contribution in [3.63, 3.8) is 0 Å². The van der Waals surface area contributed by atoms with Crippen LogP contribution < -0.4 is 22.2 Å². The zero-order valence-corrected chi connectivity index (χ0v) is 17.1. The number of fused-ring (bicyclic) bond motifs is 1. The topological polar surface area (TPSA) is 34.0 Å². The van der Waals surface area contributed by atoms with Crippen molar-refractivity contribution in [2.45, 2.75) is 32.9 Å². The van der Waals surface area contributed by atoms with Gasteiger partial charge in [0.15, 0.2) is 5.60 Å². The Balaban J connectivity index is 0.00000261. The Hall–Kier alpha value is -1.88. The van der Waals surface area contributed by atoms with Crippen molar-refractivity contribution in [1.82, 2.24) is 0 Å². The summed E-state index contributed by atoms with van der Waals surface area (Å²) in [6.07, 6.45) is 0. The molecular weight excluding hydrogens is 360 g/mol.